The second kappa shape index (κ2) is 1.75. The van der Waals surface area contributed by atoms with Crippen molar-refractivity contribution in [3.05, 3.63) is 0 Å². The quantitative estimate of drug-likeness (QED) is 0.355. The Hall–Kier alpha value is -0.510. The third-order valence-corrected chi connectivity index (χ3v) is 3.09. The molecule has 0 unspecified atom stereocenters. The predicted octanol–water partition coefficient (Wildman–Crippen LogP) is 0.0180. The van der Waals surface area contributed by atoms with E-state index >= 15 is 0 Å². The van der Waals surface area contributed by atoms with Crippen LogP contribution in [0.25, 0.3) is 0 Å². The second-order valence-electron chi connectivity index (χ2n) is 2.09. The Balaban J connectivity index is 2.69. The van der Waals surface area contributed by atoms with Gasteiger partial charge in [0.05, 0.1) is 0 Å². The molecule has 1 saturated heterocycles. The van der Waals surface area contributed by atoms with Crippen molar-refractivity contribution in [2.75, 3.05) is 6.35 Å². The summed E-state index contributed by atoms with van der Waals surface area (Å²) in [5.74, 6) is -0.704. The topological polar surface area (TPSA) is 76.1 Å². The van der Waals surface area contributed by atoms with Gasteiger partial charge in [-0.1, -0.05) is 0 Å². The fourth-order valence-electron chi connectivity index (χ4n) is 0.493. The number of carbonyl (C=O) groups is 2. The molecule has 1 rings (SSSR count). The summed E-state index contributed by atoms with van der Waals surface area (Å²) in [6, 6.07) is 0.188. The maximum absolute atomic E-state index is 10.3. The molecule has 58 valence electrons. The summed E-state index contributed by atoms with van der Waals surface area (Å²) in [4.78, 5) is 29.6. The van der Waals surface area contributed by atoms with Crippen molar-refractivity contribution >= 4 is 19.3 Å². The zero-order chi connectivity index (χ0) is 7.85. The Bertz CT molecular complexity index is 196. The van der Waals surface area contributed by atoms with Gasteiger partial charge < -0.3 is 0 Å². The number of hydrogen-bond acceptors (Lipinski definition) is 5. The fourth-order valence-corrected chi connectivity index (χ4v) is 1.98. The second-order valence-corrected chi connectivity index (χ2v) is 5.30. The summed E-state index contributed by atoms with van der Waals surface area (Å²) >= 11 is 0. The van der Waals surface area contributed by atoms with Crippen LogP contribution >= 0.6 is 7.28 Å². The summed E-state index contributed by atoms with van der Waals surface area (Å²) in [6.07, 6.45) is -0.158. The number of hydrogen-bond donors (Lipinski definition) is 1. The van der Waals surface area contributed by atoms with E-state index in [0.717, 1.165) is 6.92 Å². The van der Waals surface area contributed by atoms with Crippen molar-refractivity contribution in [1.29, 1.82) is 0 Å². The molecule has 0 amide bonds. The van der Waals surface area contributed by atoms with Crippen LogP contribution in [0.15, 0.2) is 0 Å². The van der Waals surface area contributed by atoms with Gasteiger partial charge in [0.2, 0.25) is 0 Å². The predicted molar refractivity (Wildman–Crippen MR) is 33.6 cm³/mol. The van der Waals surface area contributed by atoms with Gasteiger partial charge in [-0.2, -0.15) is 0 Å². The van der Waals surface area contributed by atoms with Crippen LogP contribution < -0.4 is 0 Å². The van der Waals surface area contributed by atoms with Crippen LogP contribution in [0.1, 0.15) is 6.92 Å². The van der Waals surface area contributed by atoms with Crippen LogP contribution in [0.4, 0.5) is 0 Å². The minimum atomic E-state index is -3.98. The van der Waals surface area contributed by atoms with Crippen LogP contribution in [-0.4, -0.2) is 23.2 Å². The van der Waals surface area contributed by atoms with E-state index in [9.17, 15) is 9.59 Å². The zero-order valence-electron chi connectivity index (χ0n) is 5.31. The Kier molecular flexibility index (Phi) is 1.33. The van der Waals surface area contributed by atoms with Crippen LogP contribution in [0.2, 0.25) is 0 Å². The molecule has 1 heterocycles. The normalized spacial score (nSPS) is 29.2. The first kappa shape index (κ1) is 7.60. The van der Waals surface area contributed by atoms with Gasteiger partial charge in [-0.05, 0) is 0 Å². The molecule has 0 atom stereocenters. The van der Waals surface area contributed by atoms with Gasteiger partial charge >= 0.3 is 56.1 Å². The van der Waals surface area contributed by atoms with Gasteiger partial charge in [0.1, 0.15) is 0 Å². The van der Waals surface area contributed by atoms with Crippen LogP contribution in [0.5, 0.6) is 0 Å². The van der Waals surface area contributed by atoms with Gasteiger partial charge in [-0.3, -0.25) is 0 Å². The molecule has 0 aromatic heterocycles. The molecule has 1 aliphatic heterocycles. The van der Waals surface area contributed by atoms with E-state index in [1.165, 1.54) is 0 Å². The standard InChI is InChI=1S/C4H7O5P/c1-4(6)9-10(7,2-5)3-8-10/h2,7H,3H2,1H3. The Labute approximate surface area is 57.1 Å². The molecule has 0 aromatic carbocycles. The molecule has 0 bridgehead atoms. The van der Waals surface area contributed by atoms with Crippen molar-refractivity contribution in [2.45, 2.75) is 6.92 Å². The molecule has 1 aliphatic rings. The molecule has 1 N–H and O–H groups in total. The van der Waals surface area contributed by atoms with Crippen molar-refractivity contribution in [3.63, 3.8) is 0 Å². The summed E-state index contributed by atoms with van der Waals surface area (Å²) in [5.41, 5.74) is 0. The summed E-state index contributed by atoms with van der Waals surface area (Å²) in [7, 11) is -3.98. The van der Waals surface area contributed by atoms with Crippen LogP contribution in [0, 0.1) is 0 Å². The van der Waals surface area contributed by atoms with E-state index in [1.54, 1.807) is 0 Å². The van der Waals surface area contributed by atoms with Gasteiger partial charge in [0, 0.05) is 0 Å². The van der Waals surface area contributed by atoms with Gasteiger partial charge in [-0.15, -0.1) is 0 Å². The molecule has 0 saturated carbocycles. The number of carbonyl (C=O) groups excluding carboxylic acids is 2. The number of rotatable bonds is 2. The van der Waals surface area contributed by atoms with E-state index in [-0.39, 0.29) is 12.4 Å². The Morgan fingerprint density at radius 3 is 2.50 bits per heavy atom. The molecule has 0 aliphatic carbocycles. The van der Waals surface area contributed by atoms with E-state index in [0.29, 0.717) is 0 Å². The SMILES string of the molecule is CC(=O)OP1(O)(C=O)CO1. The zero-order valence-corrected chi connectivity index (χ0v) is 6.21. The summed E-state index contributed by atoms with van der Waals surface area (Å²) in [6.45, 7) is 1.11. The monoisotopic (exact) mass is 166 g/mol. The van der Waals surface area contributed by atoms with E-state index in [1.807, 2.05) is 0 Å². The van der Waals surface area contributed by atoms with Crippen molar-refractivity contribution in [3.8, 4) is 0 Å². The van der Waals surface area contributed by atoms with Crippen LogP contribution in [-0.2, 0) is 18.6 Å². The maximum atomic E-state index is 10.3. The van der Waals surface area contributed by atoms with Crippen LogP contribution in [0.3, 0.4) is 0 Å². The summed E-state index contributed by atoms with van der Waals surface area (Å²) in [5, 5.41) is 0. The molecule has 5 nitrogen and oxygen atoms in total. The molecular weight excluding hydrogens is 159 g/mol. The van der Waals surface area contributed by atoms with E-state index in [2.05, 4.69) is 9.05 Å². The molecular formula is C4H7O5P. The first-order valence-corrected chi connectivity index (χ1v) is 4.85. The molecule has 0 spiro atoms. The van der Waals surface area contributed by atoms with Gasteiger partial charge in [0.25, 0.3) is 0 Å². The van der Waals surface area contributed by atoms with Crippen molar-refractivity contribution < 1.29 is 23.5 Å². The average Bonchev–Trinajstić information content (AvgIpc) is 2.45. The minimum absolute atomic E-state index is 0.158. The molecule has 6 heteroatoms. The van der Waals surface area contributed by atoms with Gasteiger partial charge in [-0.25, -0.2) is 0 Å². The van der Waals surface area contributed by atoms with E-state index in [4.69, 9.17) is 4.89 Å². The van der Waals surface area contributed by atoms with Crippen molar-refractivity contribution in [2.24, 2.45) is 0 Å². The van der Waals surface area contributed by atoms with Gasteiger partial charge in [0.15, 0.2) is 0 Å². The fraction of sp³-hybridized carbons (Fsp3) is 0.500. The third kappa shape index (κ3) is 1.16. The summed E-state index contributed by atoms with van der Waals surface area (Å²) < 4.78 is 8.76. The molecule has 0 radical (unpaired) electrons. The Morgan fingerprint density at radius 2 is 2.40 bits per heavy atom. The molecule has 1 fully saturated rings. The average molecular weight is 166 g/mol. The Morgan fingerprint density at radius 1 is 1.90 bits per heavy atom. The molecule has 10 heavy (non-hydrogen) atoms. The first-order chi connectivity index (χ1) is 4.48. The van der Waals surface area contributed by atoms with E-state index < -0.39 is 13.3 Å². The third-order valence-electron chi connectivity index (χ3n) is 1.03. The molecule has 0 aromatic rings. The van der Waals surface area contributed by atoms with Crippen molar-refractivity contribution in [1.82, 2.24) is 0 Å². The first-order valence-electron chi connectivity index (χ1n) is 2.57.